The van der Waals surface area contributed by atoms with E-state index in [0.29, 0.717) is 40.3 Å². The number of aromatic nitrogens is 2. The summed E-state index contributed by atoms with van der Waals surface area (Å²) in [6.07, 6.45) is 3.89. The Bertz CT molecular complexity index is 1220. The van der Waals surface area contributed by atoms with Gasteiger partial charge in [-0.1, -0.05) is 6.07 Å². The maximum atomic E-state index is 12.8. The summed E-state index contributed by atoms with van der Waals surface area (Å²) in [5.74, 6) is 1.81. The number of ether oxygens (including phenoxy) is 2. The van der Waals surface area contributed by atoms with Crippen LogP contribution in [0.2, 0.25) is 0 Å². The fourth-order valence-electron chi connectivity index (χ4n) is 4.20. The van der Waals surface area contributed by atoms with Crippen LogP contribution in [0.15, 0.2) is 28.4 Å². The molecule has 0 bridgehead atoms. The summed E-state index contributed by atoms with van der Waals surface area (Å²) in [5.41, 5.74) is 2.27. The predicted octanol–water partition coefficient (Wildman–Crippen LogP) is 3.16. The Balaban J connectivity index is 1.48. The molecule has 1 saturated heterocycles. The lowest BCUT2D eigenvalue weighted by Crippen LogP contribution is -2.44. The van der Waals surface area contributed by atoms with Crippen molar-refractivity contribution < 1.29 is 14.3 Å². The number of H-pyrrole nitrogens is 1. The minimum atomic E-state index is -0.161. The molecule has 32 heavy (non-hydrogen) atoms. The fourth-order valence-corrected chi connectivity index (χ4v) is 5.11. The lowest BCUT2D eigenvalue weighted by atomic mass is 9.97. The summed E-state index contributed by atoms with van der Waals surface area (Å²) in [6, 6.07) is 6.02. The van der Waals surface area contributed by atoms with Gasteiger partial charge in [-0.2, -0.15) is 0 Å². The number of fused-ring (bicyclic) bond motifs is 1. The van der Waals surface area contributed by atoms with Crippen molar-refractivity contribution in [2.45, 2.75) is 31.7 Å². The molecule has 2 aromatic heterocycles. The molecule has 3 aromatic rings. The molecule has 0 radical (unpaired) electrons. The highest BCUT2D eigenvalue weighted by molar-refractivity contribution is 7.17. The Morgan fingerprint density at radius 1 is 1.22 bits per heavy atom. The van der Waals surface area contributed by atoms with Gasteiger partial charge in [-0.05, 0) is 43.4 Å². The molecule has 1 aliphatic carbocycles. The molecule has 8 nitrogen and oxygen atoms in total. The van der Waals surface area contributed by atoms with Gasteiger partial charge in [-0.3, -0.25) is 14.6 Å². The van der Waals surface area contributed by atoms with E-state index in [9.17, 15) is 9.59 Å². The summed E-state index contributed by atoms with van der Waals surface area (Å²) in [5, 5.41) is 5.05. The third kappa shape index (κ3) is 3.92. The second kappa shape index (κ2) is 8.46. The van der Waals surface area contributed by atoms with Crippen molar-refractivity contribution in [2.24, 2.45) is 5.92 Å². The van der Waals surface area contributed by atoms with Crippen molar-refractivity contribution in [1.29, 1.82) is 0 Å². The first-order chi connectivity index (χ1) is 15.6. The molecule has 2 aliphatic rings. The number of carbonyl (C=O) groups excluding carboxylic acids is 1. The predicted molar refractivity (Wildman–Crippen MR) is 125 cm³/mol. The second-order valence-corrected chi connectivity index (χ2v) is 9.23. The first-order valence-electron chi connectivity index (χ1n) is 10.9. The Morgan fingerprint density at radius 2 is 2.03 bits per heavy atom. The van der Waals surface area contributed by atoms with E-state index in [1.165, 1.54) is 11.3 Å². The zero-order valence-electron chi connectivity index (χ0n) is 18.1. The normalized spacial score (nSPS) is 18.6. The quantitative estimate of drug-likeness (QED) is 0.594. The van der Waals surface area contributed by atoms with Gasteiger partial charge in [0, 0.05) is 30.1 Å². The minimum Gasteiger partial charge on any atom is -0.493 e. The van der Waals surface area contributed by atoms with E-state index in [4.69, 9.17) is 14.5 Å². The first kappa shape index (κ1) is 20.8. The van der Waals surface area contributed by atoms with Gasteiger partial charge in [0.25, 0.3) is 5.56 Å². The largest absolute Gasteiger partial charge is 0.493 e. The van der Waals surface area contributed by atoms with Crippen molar-refractivity contribution in [3.8, 4) is 22.6 Å². The molecule has 0 spiro atoms. The number of piperidine rings is 1. The van der Waals surface area contributed by atoms with Gasteiger partial charge in [0.2, 0.25) is 11.9 Å². The van der Waals surface area contributed by atoms with E-state index in [-0.39, 0.29) is 17.4 Å². The van der Waals surface area contributed by atoms with Crippen LogP contribution in [0.3, 0.4) is 0 Å². The van der Waals surface area contributed by atoms with E-state index in [2.05, 4.69) is 10.3 Å². The van der Waals surface area contributed by atoms with Gasteiger partial charge in [0.1, 0.15) is 4.70 Å². The van der Waals surface area contributed by atoms with Crippen LogP contribution < -0.4 is 25.2 Å². The molecule has 5 rings (SSSR count). The van der Waals surface area contributed by atoms with Crippen LogP contribution >= 0.6 is 11.3 Å². The standard InChI is InChI=1S/C23H26N4O4S/c1-30-17-8-5-13(10-18(17)31-2)16-12-32-20-19(16)25-23(26-22(20)29)27-9-3-4-14(11-27)21(28)24-15-6-7-15/h5,8,10,12,14-15H,3-4,6-7,9,11H2,1-2H3,(H,24,28)(H,25,26,29). The van der Waals surface area contributed by atoms with Crippen LogP contribution in [0.1, 0.15) is 25.7 Å². The van der Waals surface area contributed by atoms with Gasteiger partial charge in [0.05, 0.1) is 25.7 Å². The van der Waals surface area contributed by atoms with Crippen molar-refractivity contribution in [3.63, 3.8) is 0 Å². The van der Waals surface area contributed by atoms with Crippen molar-refractivity contribution in [3.05, 3.63) is 33.9 Å². The zero-order valence-corrected chi connectivity index (χ0v) is 19.0. The number of hydrogen-bond donors (Lipinski definition) is 2. The van der Waals surface area contributed by atoms with E-state index >= 15 is 0 Å². The lowest BCUT2D eigenvalue weighted by Gasteiger charge is -2.32. The number of benzene rings is 1. The molecule has 1 aliphatic heterocycles. The Labute approximate surface area is 189 Å². The smallest absolute Gasteiger partial charge is 0.270 e. The summed E-state index contributed by atoms with van der Waals surface area (Å²) < 4.78 is 11.4. The van der Waals surface area contributed by atoms with Gasteiger partial charge in [-0.25, -0.2) is 4.98 Å². The number of nitrogens with zero attached hydrogens (tertiary/aromatic N) is 2. The summed E-state index contributed by atoms with van der Waals surface area (Å²) in [7, 11) is 3.20. The molecule has 1 aromatic carbocycles. The average Bonchev–Trinajstić information content (AvgIpc) is 3.53. The fraction of sp³-hybridized carbons (Fsp3) is 0.435. The Morgan fingerprint density at radius 3 is 2.78 bits per heavy atom. The van der Waals surface area contributed by atoms with Crippen molar-refractivity contribution in [1.82, 2.24) is 15.3 Å². The molecule has 1 amide bonds. The van der Waals surface area contributed by atoms with Crippen LogP contribution in [0, 0.1) is 5.92 Å². The molecule has 1 saturated carbocycles. The number of hydrogen-bond acceptors (Lipinski definition) is 7. The molecule has 1 unspecified atom stereocenters. The van der Waals surface area contributed by atoms with Gasteiger partial charge >= 0.3 is 0 Å². The van der Waals surface area contributed by atoms with Gasteiger partial charge in [0.15, 0.2) is 11.5 Å². The molecular formula is C23H26N4O4S. The maximum Gasteiger partial charge on any atom is 0.270 e. The van der Waals surface area contributed by atoms with E-state index in [1.54, 1.807) is 14.2 Å². The Hall–Kier alpha value is -3.07. The van der Waals surface area contributed by atoms with Crippen LogP contribution in [-0.4, -0.2) is 49.2 Å². The molecule has 168 valence electrons. The number of carbonyl (C=O) groups is 1. The molecule has 2 fully saturated rings. The number of methoxy groups -OCH3 is 2. The van der Waals surface area contributed by atoms with Crippen LogP contribution in [0.25, 0.3) is 21.3 Å². The van der Waals surface area contributed by atoms with Crippen molar-refractivity contribution in [2.75, 3.05) is 32.2 Å². The minimum absolute atomic E-state index is 0.0851. The van der Waals surface area contributed by atoms with E-state index < -0.39 is 0 Å². The maximum absolute atomic E-state index is 12.8. The van der Waals surface area contributed by atoms with Crippen molar-refractivity contribution >= 4 is 33.4 Å². The molecule has 1 atom stereocenters. The summed E-state index contributed by atoms with van der Waals surface area (Å²) >= 11 is 1.37. The highest BCUT2D eigenvalue weighted by Crippen LogP contribution is 2.37. The second-order valence-electron chi connectivity index (χ2n) is 8.35. The lowest BCUT2D eigenvalue weighted by molar-refractivity contribution is -0.125. The first-order valence-corrected chi connectivity index (χ1v) is 11.7. The van der Waals surface area contributed by atoms with Gasteiger partial charge < -0.3 is 19.7 Å². The summed E-state index contributed by atoms with van der Waals surface area (Å²) in [4.78, 5) is 35.2. The zero-order chi connectivity index (χ0) is 22.2. The number of amides is 1. The molecule has 3 heterocycles. The number of nitrogens with one attached hydrogen (secondary N) is 2. The van der Waals surface area contributed by atoms with E-state index in [1.807, 2.05) is 28.5 Å². The summed E-state index contributed by atoms with van der Waals surface area (Å²) in [6.45, 7) is 1.32. The average molecular weight is 455 g/mol. The third-order valence-electron chi connectivity index (χ3n) is 6.12. The van der Waals surface area contributed by atoms with Gasteiger partial charge in [-0.15, -0.1) is 11.3 Å². The molecule has 2 N–H and O–H groups in total. The number of aromatic amines is 1. The number of anilines is 1. The number of rotatable bonds is 6. The molecule has 9 heteroatoms. The SMILES string of the molecule is COc1ccc(-c2csc3c(=O)[nH]c(N4CCCC(C(=O)NC5CC5)C4)nc23)cc1OC. The van der Waals surface area contributed by atoms with Crippen LogP contribution in [0.5, 0.6) is 11.5 Å². The molecular weight excluding hydrogens is 428 g/mol. The van der Waals surface area contributed by atoms with Crippen LogP contribution in [0.4, 0.5) is 5.95 Å². The number of thiophene rings is 1. The van der Waals surface area contributed by atoms with Crippen LogP contribution in [-0.2, 0) is 4.79 Å². The Kier molecular flexibility index (Phi) is 5.50. The third-order valence-corrected chi connectivity index (χ3v) is 7.09. The van der Waals surface area contributed by atoms with E-state index in [0.717, 1.165) is 43.4 Å². The highest BCUT2D eigenvalue weighted by atomic mass is 32.1. The monoisotopic (exact) mass is 454 g/mol. The topological polar surface area (TPSA) is 96.6 Å². The highest BCUT2D eigenvalue weighted by Gasteiger charge is 2.31.